The highest BCUT2D eigenvalue weighted by Crippen LogP contribution is 2.24. The Bertz CT molecular complexity index is 547. The first-order chi connectivity index (χ1) is 9.83. The molecular weight excluding hydrogens is 242 g/mol. The lowest BCUT2D eigenvalue weighted by Gasteiger charge is -2.25. The molecule has 3 rings (SSSR count). The van der Waals surface area contributed by atoms with Crippen molar-refractivity contribution < 1.29 is 0 Å². The molecule has 0 spiro atoms. The monoisotopic (exact) mass is 265 g/mol. The van der Waals surface area contributed by atoms with Gasteiger partial charge >= 0.3 is 0 Å². The van der Waals surface area contributed by atoms with E-state index in [1.807, 2.05) is 0 Å². The highest BCUT2D eigenvalue weighted by molar-refractivity contribution is 5.26. The fourth-order valence-electron chi connectivity index (χ4n) is 3.25. The molecule has 1 saturated heterocycles. The van der Waals surface area contributed by atoms with Gasteiger partial charge in [-0.2, -0.15) is 0 Å². The Labute approximate surface area is 122 Å². The van der Waals surface area contributed by atoms with E-state index in [1.54, 1.807) is 0 Å². The molecule has 2 aromatic carbocycles. The number of hydrogen-bond donors (Lipinski definition) is 0. The first-order valence-corrected chi connectivity index (χ1v) is 7.65. The van der Waals surface area contributed by atoms with Crippen LogP contribution in [0, 0.1) is 6.92 Å². The van der Waals surface area contributed by atoms with E-state index in [0.29, 0.717) is 6.04 Å². The molecule has 0 amide bonds. The van der Waals surface area contributed by atoms with Crippen molar-refractivity contribution in [2.75, 3.05) is 6.54 Å². The maximum absolute atomic E-state index is 2.65. The normalized spacial score (nSPS) is 19.4. The molecule has 1 atom stereocenters. The third-order valence-electron chi connectivity index (χ3n) is 4.44. The van der Waals surface area contributed by atoms with Crippen molar-refractivity contribution in [3.8, 4) is 0 Å². The Morgan fingerprint density at radius 1 is 1.00 bits per heavy atom. The standard InChI is InChI=1S/C19H23N/c1-16-8-5-6-11-18(16)14-19-12-7-13-20(19)15-17-9-3-2-4-10-17/h2-6,8-11,19H,7,12-15H2,1H3. The van der Waals surface area contributed by atoms with Crippen LogP contribution < -0.4 is 0 Å². The third-order valence-corrected chi connectivity index (χ3v) is 4.44. The van der Waals surface area contributed by atoms with Crippen LogP contribution in [0.1, 0.15) is 29.5 Å². The lowest BCUT2D eigenvalue weighted by molar-refractivity contribution is 0.244. The van der Waals surface area contributed by atoms with E-state index in [9.17, 15) is 0 Å². The van der Waals surface area contributed by atoms with Gasteiger partial charge in [0.1, 0.15) is 0 Å². The van der Waals surface area contributed by atoms with E-state index in [1.165, 1.54) is 42.5 Å². The van der Waals surface area contributed by atoms with Crippen molar-refractivity contribution in [3.63, 3.8) is 0 Å². The van der Waals surface area contributed by atoms with E-state index in [0.717, 1.165) is 6.54 Å². The van der Waals surface area contributed by atoms with E-state index in [2.05, 4.69) is 66.4 Å². The average Bonchev–Trinajstić information content (AvgIpc) is 2.90. The van der Waals surface area contributed by atoms with Crippen molar-refractivity contribution >= 4 is 0 Å². The predicted molar refractivity (Wildman–Crippen MR) is 84.8 cm³/mol. The van der Waals surface area contributed by atoms with Gasteiger partial charge in [0, 0.05) is 12.6 Å². The molecule has 0 aliphatic carbocycles. The van der Waals surface area contributed by atoms with Gasteiger partial charge in [0.2, 0.25) is 0 Å². The largest absolute Gasteiger partial charge is 0.296 e. The van der Waals surface area contributed by atoms with Gasteiger partial charge < -0.3 is 0 Å². The Balaban J connectivity index is 1.68. The topological polar surface area (TPSA) is 3.24 Å². The smallest absolute Gasteiger partial charge is 0.0236 e. The van der Waals surface area contributed by atoms with Crippen LogP contribution >= 0.6 is 0 Å². The van der Waals surface area contributed by atoms with E-state index in [-0.39, 0.29) is 0 Å². The summed E-state index contributed by atoms with van der Waals surface area (Å²) in [5.74, 6) is 0. The fourth-order valence-corrected chi connectivity index (χ4v) is 3.25. The lowest BCUT2D eigenvalue weighted by atomic mass is 9.99. The van der Waals surface area contributed by atoms with Crippen LogP contribution in [0.15, 0.2) is 54.6 Å². The minimum atomic E-state index is 0.705. The van der Waals surface area contributed by atoms with Crippen LogP contribution in [0.2, 0.25) is 0 Å². The fraction of sp³-hybridized carbons (Fsp3) is 0.368. The van der Waals surface area contributed by atoms with Crippen LogP contribution in [0.25, 0.3) is 0 Å². The maximum atomic E-state index is 2.65. The van der Waals surface area contributed by atoms with Crippen LogP contribution in [-0.4, -0.2) is 17.5 Å². The summed E-state index contributed by atoms with van der Waals surface area (Å²) in [6.45, 7) is 4.56. The average molecular weight is 265 g/mol. The van der Waals surface area contributed by atoms with E-state index < -0.39 is 0 Å². The number of rotatable bonds is 4. The molecule has 0 N–H and O–H groups in total. The summed E-state index contributed by atoms with van der Waals surface area (Å²) >= 11 is 0. The van der Waals surface area contributed by atoms with Crippen molar-refractivity contribution in [3.05, 3.63) is 71.3 Å². The van der Waals surface area contributed by atoms with Crippen LogP contribution in [0.3, 0.4) is 0 Å². The Morgan fingerprint density at radius 2 is 1.75 bits per heavy atom. The van der Waals surface area contributed by atoms with Crippen molar-refractivity contribution in [1.82, 2.24) is 4.90 Å². The zero-order valence-electron chi connectivity index (χ0n) is 12.3. The summed E-state index contributed by atoms with van der Waals surface area (Å²) in [5, 5.41) is 0. The molecule has 1 heteroatoms. The highest BCUT2D eigenvalue weighted by Gasteiger charge is 2.24. The second-order valence-corrected chi connectivity index (χ2v) is 5.88. The minimum absolute atomic E-state index is 0.705. The maximum Gasteiger partial charge on any atom is 0.0236 e. The highest BCUT2D eigenvalue weighted by atomic mass is 15.2. The van der Waals surface area contributed by atoms with Crippen LogP contribution in [0.5, 0.6) is 0 Å². The summed E-state index contributed by atoms with van der Waals surface area (Å²) in [5.41, 5.74) is 4.38. The molecule has 0 saturated carbocycles. The predicted octanol–water partition coefficient (Wildman–Crippen LogP) is 4.20. The molecule has 1 aliphatic rings. The number of hydrogen-bond acceptors (Lipinski definition) is 1. The molecule has 1 unspecified atom stereocenters. The number of aryl methyl sites for hydroxylation is 1. The van der Waals surface area contributed by atoms with Gasteiger partial charge in [-0.1, -0.05) is 54.6 Å². The lowest BCUT2D eigenvalue weighted by Crippen LogP contribution is -2.30. The summed E-state index contributed by atoms with van der Waals surface area (Å²) in [6, 6.07) is 20.4. The Kier molecular flexibility index (Phi) is 4.17. The third kappa shape index (κ3) is 3.10. The molecular formula is C19H23N. The Hall–Kier alpha value is -1.60. The van der Waals surface area contributed by atoms with Crippen molar-refractivity contribution in [2.45, 2.75) is 38.8 Å². The SMILES string of the molecule is Cc1ccccc1CC1CCCN1Cc1ccccc1. The molecule has 2 aromatic rings. The summed E-state index contributed by atoms with van der Waals surface area (Å²) in [7, 11) is 0. The van der Waals surface area contributed by atoms with Gasteiger partial charge in [-0.15, -0.1) is 0 Å². The van der Waals surface area contributed by atoms with Crippen molar-refractivity contribution in [1.29, 1.82) is 0 Å². The first kappa shape index (κ1) is 13.4. The molecule has 104 valence electrons. The second-order valence-electron chi connectivity index (χ2n) is 5.88. The van der Waals surface area contributed by atoms with Gasteiger partial charge in [-0.05, 0) is 49.4 Å². The summed E-state index contributed by atoms with van der Waals surface area (Å²) < 4.78 is 0. The molecule has 0 aromatic heterocycles. The number of benzene rings is 2. The zero-order valence-corrected chi connectivity index (χ0v) is 12.3. The van der Waals surface area contributed by atoms with Crippen LogP contribution in [0.4, 0.5) is 0 Å². The molecule has 0 bridgehead atoms. The zero-order chi connectivity index (χ0) is 13.8. The first-order valence-electron chi connectivity index (χ1n) is 7.65. The van der Waals surface area contributed by atoms with Gasteiger partial charge in [0.15, 0.2) is 0 Å². The van der Waals surface area contributed by atoms with Gasteiger partial charge in [0.05, 0.1) is 0 Å². The number of nitrogens with zero attached hydrogens (tertiary/aromatic N) is 1. The molecule has 0 radical (unpaired) electrons. The molecule has 1 nitrogen and oxygen atoms in total. The van der Waals surface area contributed by atoms with Gasteiger partial charge in [-0.3, -0.25) is 4.90 Å². The molecule has 1 aliphatic heterocycles. The van der Waals surface area contributed by atoms with E-state index >= 15 is 0 Å². The summed E-state index contributed by atoms with van der Waals surface area (Å²) in [6.07, 6.45) is 3.87. The number of likely N-dealkylation sites (tertiary alicyclic amines) is 1. The van der Waals surface area contributed by atoms with Gasteiger partial charge in [0.25, 0.3) is 0 Å². The molecule has 1 heterocycles. The van der Waals surface area contributed by atoms with Crippen molar-refractivity contribution in [2.24, 2.45) is 0 Å². The Morgan fingerprint density at radius 3 is 2.55 bits per heavy atom. The molecule has 20 heavy (non-hydrogen) atoms. The van der Waals surface area contributed by atoms with Gasteiger partial charge in [-0.25, -0.2) is 0 Å². The second kappa shape index (κ2) is 6.23. The van der Waals surface area contributed by atoms with E-state index in [4.69, 9.17) is 0 Å². The van der Waals surface area contributed by atoms with Crippen LogP contribution in [-0.2, 0) is 13.0 Å². The minimum Gasteiger partial charge on any atom is -0.296 e. The quantitative estimate of drug-likeness (QED) is 0.800. The summed E-state index contributed by atoms with van der Waals surface area (Å²) in [4.78, 5) is 2.65. The molecule has 1 fully saturated rings.